The molecular formula is C15H30N2O2S. The van der Waals surface area contributed by atoms with Crippen LogP contribution in [0.25, 0.3) is 0 Å². The van der Waals surface area contributed by atoms with E-state index in [0.717, 1.165) is 26.2 Å². The third-order valence-corrected chi connectivity index (χ3v) is 6.73. The van der Waals surface area contributed by atoms with Gasteiger partial charge in [-0.05, 0) is 38.1 Å². The van der Waals surface area contributed by atoms with E-state index in [-0.39, 0.29) is 6.04 Å². The van der Waals surface area contributed by atoms with Crippen LogP contribution in [0.4, 0.5) is 0 Å². The zero-order chi connectivity index (χ0) is 14.6. The molecule has 20 heavy (non-hydrogen) atoms. The minimum absolute atomic E-state index is 0.178. The Bertz CT molecular complexity index is 402. The van der Waals surface area contributed by atoms with Gasteiger partial charge in [0.15, 0.2) is 9.84 Å². The first-order valence-electron chi connectivity index (χ1n) is 8.12. The van der Waals surface area contributed by atoms with Gasteiger partial charge in [0.2, 0.25) is 0 Å². The van der Waals surface area contributed by atoms with Gasteiger partial charge in [0.1, 0.15) is 0 Å². The van der Waals surface area contributed by atoms with Crippen molar-refractivity contribution in [2.45, 2.75) is 52.0 Å². The van der Waals surface area contributed by atoms with Gasteiger partial charge in [0.05, 0.1) is 11.5 Å². The molecule has 0 aromatic heterocycles. The van der Waals surface area contributed by atoms with Crippen molar-refractivity contribution in [2.75, 3.05) is 37.7 Å². The molecule has 5 heteroatoms. The number of nitrogens with one attached hydrogen (secondary N) is 1. The quantitative estimate of drug-likeness (QED) is 0.758. The number of hydrogen-bond donors (Lipinski definition) is 1. The Morgan fingerprint density at radius 1 is 1.30 bits per heavy atom. The standard InChI is InChI=1S/C15H30N2O2S/c1-3-8-16-12-15(6-4-5-7-15)13-17-9-10-20(18,19)11-14(17)2/h14,16H,3-13H2,1-2H3. The average molecular weight is 302 g/mol. The van der Waals surface area contributed by atoms with E-state index in [0.29, 0.717) is 16.9 Å². The first-order valence-corrected chi connectivity index (χ1v) is 9.94. The van der Waals surface area contributed by atoms with E-state index >= 15 is 0 Å². The molecule has 0 radical (unpaired) electrons. The Balaban J connectivity index is 1.94. The summed E-state index contributed by atoms with van der Waals surface area (Å²) >= 11 is 0. The lowest BCUT2D eigenvalue weighted by molar-refractivity contribution is 0.124. The van der Waals surface area contributed by atoms with Gasteiger partial charge >= 0.3 is 0 Å². The van der Waals surface area contributed by atoms with Gasteiger partial charge in [-0.15, -0.1) is 0 Å². The zero-order valence-electron chi connectivity index (χ0n) is 13.0. The fraction of sp³-hybridized carbons (Fsp3) is 1.00. The molecule has 2 rings (SSSR count). The van der Waals surface area contributed by atoms with Gasteiger partial charge < -0.3 is 5.32 Å². The molecule has 1 saturated carbocycles. The Morgan fingerprint density at radius 2 is 2.00 bits per heavy atom. The Labute approximate surface area is 124 Å². The Morgan fingerprint density at radius 3 is 2.60 bits per heavy atom. The van der Waals surface area contributed by atoms with Crippen LogP contribution in [0.1, 0.15) is 46.0 Å². The number of nitrogens with zero attached hydrogens (tertiary/aromatic N) is 1. The van der Waals surface area contributed by atoms with Crippen molar-refractivity contribution in [3.05, 3.63) is 0 Å². The average Bonchev–Trinajstić information content (AvgIpc) is 2.82. The molecule has 1 saturated heterocycles. The third kappa shape index (κ3) is 4.18. The second-order valence-corrected chi connectivity index (χ2v) is 9.05. The molecule has 1 unspecified atom stereocenters. The summed E-state index contributed by atoms with van der Waals surface area (Å²) in [6.45, 7) is 8.24. The highest BCUT2D eigenvalue weighted by Crippen LogP contribution is 2.39. The topological polar surface area (TPSA) is 49.4 Å². The lowest BCUT2D eigenvalue weighted by Crippen LogP contribution is -2.52. The van der Waals surface area contributed by atoms with Crippen LogP contribution in [0.15, 0.2) is 0 Å². The summed E-state index contributed by atoms with van der Waals surface area (Å²) in [5.41, 5.74) is 0.379. The summed E-state index contributed by atoms with van der Waals surface area (Å²) in [6.07, 6.45) is 6.41. The van der Waals surface area contributed by atoms with E-state index in [1.165, 1.54) is 32.1 Å². The summed E-state index contributed by atoms with van der Waals surface area (Å²) < 4.78 is 23.4. The lowest BCUT2D eigenvalue weighted by Gasteiger charge is -2.40. The van der Waals surface area contributed by atoms with Crippen LogP contribution in [-0.2, 0) is 9.84 Å². The van der Waals surface area contributed by atoms with Crippen molar-refractivity contribution < 1.29 is 8.42 Å². The second kappa shape index (κ2) is 6.75. The maximum Gasteiger partial charge on any atom is 0.153 e. The normalized spacial score (nSPS) is 29.6. The van der Waals surface area contributed by atoms with E-state index in [4.69, 9.17) is 0 Å². The predicted molar refractivity (Wildman–Crippen MR) is 83.8 cm³/mol. The lowest BCUT2D eigenvalue weighted by atomic mass is 9.85. The summed E-state index contributed by atoms with van der Waals surface area (Å²) in [7, 11) is -2.80. The molecule has 1 N–H and O–H groups in total. The van der Waals surface area contributed by atoms with E-state index < -0.39 is 9.84 Å². The molecule has 4 nitrogen and oxygen atoms in total. The molecule has 0 bridgehead atoms. The van der Waals surface area contributed by atoms with Crippen molar-refractivity contribution in [1.82, 2.24) is 10.2 Å². The summed E-state index contributed by atoms with van der Waals surface area (Å²) in [5.74, 6) is 0.682. The van der Waals surface area contributed by atoms with Crippen molar-refractivity contribution in [3.63, 3.8) is 0 Å². The number of sulfone groups is 1. The highest BCUT2D eigenvalue weighted by molar-refractivity contribution is 7.91. The largest absolute Gasteiger partial charge is 0.316 e. The van der Waals surface area contributed by atoms with E-state index in [1.807, 2.05) is 0 Å². The predicted octanol–water partition coefficient (Wildman–Crippen LogP) is 1.67. The molecule has 1 heterocycles. The van der Waals surface area contributed by atoms with Crippen LogP contribution in [-0.4, -0.2) is 57.0 Å². The summed E-state index contributed by atoms with van der Waals surface area (Å²) in [6, 6.07) is 0.178. The van der Waals surface area contributed by atoms with E-state index in [1.54, 1.807) is 0 Å². The SMILES string of the molecule is CCCNCC1(CN2CCS(=O)(=O)CC2C)CCCC1. The van der Waals surface area contributed by atoms with Crippen LogP contribution >= 0.6 is 0 Å². The van der Waals surface area contributed by atoms with Crippen molar-refractivity contribution in [2.24, 2.45) is 5.41 Å². The minimum atomic E-state index is -2.80. The molecule has 1 atom stereocenters. The van der Waals surface area contributed by atoms with Gasteiger partial charge in [-0.2, -0.15) is 0 Å². The van der Waals surface area contributed by atoms with Gasteiger partial charge in [0.25, 0.3) is 0 Å². The molecule has 0 aromatic rings. The minimum Gasteiger partial charge on any atom is -0.316 e. The maximum atomic E-state index is 11.7. The smallest absolute Gasteiger partial charge is 0.153 e. The summed E-state index contributed by atoms with van der Waals surface area (Å²) in [5, 5.41) is 3.59. The van der Waals surface area contributed by atoms with Crippen molar-refractivity contribution in [3.8, 4) is 0 Å². The number of hydrogen-bond acceptors (Lipinski definition) is 4. The van der Waals surface area contributed by atoms with E-state index in [9.17, 15) is 8.42 Å². The second-order valence-electron chi connectivity index (χ2n) is 6.82. The highest BCUT2D eigenvalue weighted by Gasteiger charge is 2.38. The van der Waals surface area contributed by atoms with Gasteiger partial charge in [0, 0.05) is 25.7 Å². The fourth-order valence-corrected chi connectivity index (χ4v) is 5.37. The molecule has 1 aliphatic carbocycles. The van der Waals surface area contributed by atoms with E-state index in [2.05, 4.69) is 24.1 Å². The van der Waals surface area contributed by atoms with Crippen molar-refractivity contribution in [1.29, 1.82) is 0 Å². The Kier molecular flexibility index (Phi) is 5.49. The van der Waals surface area contributed by atoms with Crippen LogP contribution in [0.2, 0.25) is 0 Å². The first kappa shape index (κ1) is 16.2. The molecule has 2 fully saturated rings. The van der Waals surface area contributed by atoms with Crippen LogP contribution in [0.5, 0.6) is 0 Å². The molecule has 118 valence electrons. The number of rotatable bonds is 6. The molecule has 2 aliphatic rings. The fourth-order valence-electron chi connectivity index (χ4n) is 3.74. The zero-order valence-corrected chi connectivity index (χ0v) is 13.8. The molecule has 0 amide bonds. The van der Waals surface area contributed by atoms with Crippen LogP contribution < -0.4 is 5.32 Å². The first-order chi connectivity index (χ1) is 9.46. The molecular weight excluding hydrogens is 272 g/mol. The molecule has 0 aromatic carbocycles. The highest BCUT2D eigenvalue weighted by atomic mass is 32.2. The van der Waals surface area contributed by atoms with Crippen LogP contribution in [0.3, 0.4) is 0 Å². The van der Waals surface area contributed by atoms with Crippen LogP contribution in [0, 0.1) is 5.41 Å². The maximum absolute atomic E-state index is 11.7. The van der Waals surface area contributed by atoms with Gasteiger partial charge in [-0.25, -0.2) is 8.42 Å². The Hall–Kier alpha value is -0.130. The molecule has 1 aliphatic heterocycles. The monoisotopic (exact) mass is 302 g/mol. The van der Waals surface area contributed by atoms with Gasteiger partial charge in [-0.1, -0.05) is 19.8 Å². The summed E-state index contributed by atoms with van der Waals surface area (Å²) in [4.78, 5) is 2.42. The molecule has 0 spiro atoms. The van der Waals surface area contributed by atoms with Crippen molar-refractivity contribution >= 4 is 9.84 Å². The third-order valence-electron chi connectivity index (χ3n) is 4.94. The van der Waals surface area contributed by atoms with Gasteiger partial charge in [-0.3, -0.25) is 4.90 Å².